The highest BCUT2D eigenvalue weighted by Gasteiger charge is 2.63. The van der Waals surface area contributed by atoms with Crippen molar-refractivity contribution in [2.24, 2.45) is 10.8 Å². The van der Waals surface area contributed by atoms with Crippen LogP contribution in [0.25, 0.3) is 11.4 Å². The first-order valence-electron chi connectivity index (χ1n) is 17.9. The van der Waals surface area contributed by atoms with Crippen LogP contribution in [0.4, 0.5) is 17.6 Å². The molecule has 55 heavy (non-hydrogen) atoms. The summed E-state index contributed by atoms with van der Waals surface area (Å²) in [5, 5.41) is 3.59. The van der Waals surface area contributed by atoms with Crippen LogP contribution in [-0.2, 0) is 17.4 Å². The van der Waals surface area contributed by atoms with Crippen molar-refractivity contribution < 1.29 is 17.6 Å². The van der Waals surface area contributed by atoms with Crippen LogP contribution in [0.2, 0.25) is 10.0 Å². The minimum atomic E-state index is -0.681. The molecular weight excluding hydrogens is 751 g/mol. The molecule has 4 bridgehead atoms. The van der Waals surface area contributed by atoms with Crippen LogP contribution in [0, 0.1) is 34.1 Å². The fraction of sp³-hybridized carbons (Fsp3) is 0.442. The van der Waals surface area contributed by atoms with E-state index in [1.165, 1.54) is 45.8 Å². The fourth-order valence-electron chi connectivity index (χ4n) is 10.2. The van der Waals surface area contributed by atoms with E-state index in [1.54, 1.807) is 10.7 Å². The van der Waals surface area contributed by atoms with Crippen molar-refractivity contribution in [3.05, 3.63) is 137 Å². The molecule has 0 amide bonds. The van der Waals surface area contributed by atoms with E-state index in [4.69, 9.17) is 23.2 Å². The highest BCUT2D eigenvalue weighted by Crippen LogP contribution is 2.68. The van der Waals surface area contributed by atoms with E-state index in [0.717, 1.165) is 60.3 Å². The van der Waals surface area contributed by atoms with Crippen molar-refractivity contribution in [3.63, 3.8) is 0 Å². The van der Waals surface area contributed by atoms with Crippen LogP contribution in [0.3, 0.4) is 0 Å². The second-order valence-electron chi connectivity index (χ2n) is 16.7. The highest BCUT2D eigenvalue weighted by atomic mass is 35.5. The van der Waals surface area contributed by atoms with Gasteiger partial charge in [-0.25, -0.2) is 26.9 Å². The van der Waals surface area contributed by atoms with Crippen molar-refractivity contribution in [1.82, 2.24) is 19.1 Å². The largest absolute Gasteiger partial charge is 0.294 e. The smallest absolute Gasteiger partial charge is 0.275 e. The van der Waals surface area contributed by atoms with Crippen molar-refractivity contribution in [2.45, 2.75) is 111 Å². The number of benzene rings is 3. The summed E-state index contributed by atoms with van der Waals surface area (Å²) in [7, 11) is 0. The summed E-state index contributed by atoms with van der Waals surface area (Å²) in [6.07, 6.45) is 3.93. The number of aromatic amines is 1. The second-order valence-corrected chi connectivity index (χ2v) is 17.5. The lowest BCUT2D eigenvalue weighted by atomic mass is 9.70. The molecule has 2 fully saturated rings. The molecule has 0 saturated heterocycles. The molecule has 4 aliphatic carbocycles. The van der Waals surface area contributed by atoms with Crippen LogP contribution in [0.15, 0.2) is 64.2 Å². The Hall–Kier alpha value is -4.02. The number of hydrogen-bond acceptors (Lipinski definition) is 2. The first kappa shape index (κ1) is 40.6. The van der Waals surface area contributed by atoms with Gasteiger partial charge in [0.2, 0.25) is 0 Å². The zero-order valence-electron chi connectivity index (χ0n) is 30.3. The summed E-state index contributed by atoms with van der Waals surface area (Å²) in [4.78, 5) is 26.6. The Morgan fingerprint density at radius 3 is 1.76 bits per heavy atom. The van der Waals surface area contributed by atoms with Gasteiger partial charge < -0.3 is 0 Å². The molecule has 9 rings (SSSR count). The summed E-state index contributed by atoms with van der Waals surface area (Å²) in [6.45, 7) is 13.2. The molecule has 5 aromatic rings. The predicted octanol–water partition coefficient (Wildman–Crippen LogP) is 11.3. The first-order chi connectivity index (χ1) is 24.8. The maximum absolute atomic E-state index is 14.6. The molecule has 0 radical (unpaired) electrons. The number of aromatic nitrogens is 4. The quantitative estimate of drug-likeness (QED) is 0.184. The summed E-state index contributed by atoms with van der Waals surface area (Å²) >= 11 is 12.4. The molecule has 4 aliphatic rings. The van der Waals surface area contributed by atoms with Crippen LogP contribution in [0.1, 0.15) is 122 Å². The Balaban J connectivity index is 0.000000190. The average molecular weight is 800 g/mol. The van der Waals surface area contributed by atoms with Crippen LogP contribution in [-0.4, -0.2) is 19.1 Å². The Morgan fingerprint density at radius 2 is 1.20 bits per heavy atom. The maximum Gasteiger partial charge on any atom is 0.275 e. The number of hydrogen-bond donors (Lipinski definition) is 1. The zero-order valence-corrected chi connectivity index (χ0v) is 31.8. The van der Waals surface area contributed by atoms with Gasteiger partial charge in [0.05, 0.1) is 33.7 Å². The molecule has 2 heterocycles. The summed E-state index contributed by atoms with van der Waals surface area (Å²) in [6, 6.07) is 11.4. The molecule has 12 heteroatoms. The Labute approximate surface area is 329 Å². The van der Waals surface area contributed by atoms with E-state index < -0.39 is 23.3 Å². The highest BCUT2D eigenvalue weighted by molar-refractivity contribution is 6.32. The van der Waals surface area contributed by atoms with E-state index in [2.05, 4.69) is 46.6 Å². The SMILES string of the molecule is C.C.CC1(C)[C@@H]2CC[C@@]1(C)c1[nH]n(-c3ccc(F)cc3Cl)c(=O)c12.CC1(C)[C@@H]2CC[C@@]1(C)c1c2c(=O)n(-c2ccc(F)cc2Cl)n1Cc1ccc(F)cc1F. The van der Waals surface area contributed by atoms with Gasteiger partial charge in [0.25, 0.3) is 11.1 Å². The Kier molecular flexibility index (Phi) is 9.82. The van der Waals surface area contributed by atoms with E-state index in [-0.39, 0.29) is 81.6 Å². The zero-order chi connectivity index (χ0) is 38.2. The van der Waals surface area contributed by atoms with Gasteiger partial charge in [-0.3, -0.25) is 19.4 Å². The number of rotatable bonds is 4. The van der Waals surface area contributed by atoms with Gasteiger partial charge in [-0.2, -0.15) is 0 Å². The third-order valence-corrected chi connectivity index (χ3v) is 14.6. The third-order valence-electron chi connectivity index (χ3n) is 14.0. The molecule has 0 unspecified atom stereocenters. The van der Waals surface area contributed by atoms with Gasteiger partial charge in [0.15, 0.2) is 0 Å². The second kappa shape index (κ2) is 13.3. The topological polar surface area (TPSA) is 64.7 Å². The van der Waals surface area contributed by atoms with E-state index >= 15 is 0 Å². The van der Waals surface area contributed by atoms with Gasteiger partial charge in [-0.05, 0) is 90.8 Å². The molecular formula is C43H48Cl2F4N4O2. The molecule has 6 nitrogen and oxygen atoms in total. The first-order valence-corrected chi connectivity index (χ1v) is 18.7. The number of halogens is 6. The van der Waals surface area contributed by atoms with Crippen molar-refractivity contribution >= 4 is 23.2 Å². The van der Waals surface area contributed by atoms with Crippen molar-refractivity contribution in [3.8, 4) is 11.4 Å². The lowest BCUT2D eigenvalue weighted by molar-refractivity contribution is 0.216. The summed E-state index contributed by atoms with van der Waals surface area (Å²) in [5.74, 6) is -1.91. The van der Waals surface area contributed by atoms with Crippen LogP contribution >= 0.6 is 23.2 Å². The van der Waals surface area contributed by atoms with E-state index in [0.29, 0.717) is 11.4 Å². The molecule has 0 spiro atoms. The van der Waals surface area contributed by atoms with E-state index in [1.807, 2.05) is 0 Å². The average Bonchev–Trinajstić information content (AvgIpc) is 3.79. The molecule has 2 aromatic heterocycles. The number of nitrogens with zero attached hydrogens (tertiary/aromatic N) is 3. The van der Waals surface area contributed by atoms with Gasteiger partial charge in [-0.1, -0.05) is 85.7 Å². The molecule has 1 N–H and O–H groups in total. The van der Waals surface area contributed by atoms with Crippen LogP contribution < -0.4 is 11.1 Å². The van der Waals surface area contributed by atoms with Gasteiger partial charge in [0, 0.05) is 39.3 Å². The monoisotopic (exact) mass is 798 g/mol. The van der Waals surface area contributed by atoms with Crippen molar-refractivity contribution in [1.29, 1.82) is 0 Å². The molecule has 0 aliphatic heterocycles. The number of H-pyrrole nitrogens is 1. The third kappa shape index (κ3) is 5.47. The van der Waals surface area contributed by atoms with Crippen LogP contribution in [0.5, 0.6) is 0 Å². The normalized spacial score (nSPS) is 24.4. The summed E-state index contributed by atoms with van der Waals surface area (Å²) in [5.41, 5.74) is 3.97. The summed E-state index contributed by atoms with van der Waals surface area (Å²) < 4.78 is 59.7. The van der Waals surface area contributed by atoms with E-state index in [9.17, 15) is 27.2 Å². The Bertz CT molecular complexity index is 2480. The minimum absolute atomic E-state index is 0. The maximum atomic E-state index is 14.6. The molecule has 294 valence electrons. The predicted molar refractivity (Wildman–Crippen MR) is 211 cm³/mol. The Morgan fingerprint density at radius 1 is 0.691 bits per heavy atom. The van der Waals surface area contributed by atoms with Gasteiger partial charge in [0.1, 0.15) is 23.3 Å². The minimum Gasteiger partial charge on any atom is -0.294 e. The molecule has 4 atom stereocenters. The number of fused-ring (bicyclic) bond motifs is 10. The molecule has 3 aromatic carbocycles. The van der Waals surface area contributed by atoms with Gasteiger partial charge in [-0.15, -0.1) is 0 Å². The number of nitrogens with one attached hydrogen (secondary N) is 1. The standard InChI is InChI=1S/C24H22ClF3N2O.C17H18ClFN2O.2CH4/c1-23(2)16-8-9-24(23,3)21-20(16)22(31)30(19-7-6-14(26)10-17(19)25)29(21)12-13-4-5-15(27)11-18(13)28;1-16(2)10-6-7-17(16,3)14-13(10)15(22)21(20-14)12-5-4-9(19)8-11(12)18;;/h4-7,10-11,16H,8-9,12H2,1-3H3;4-5,8,10,20H,6-7H2,1-3H3;2*1H4/t16-,24+;10-,17+;;/m11../s1. The molecule has 2 saturated carbocycles. The fourth-order valence-corrected chi connectivity index (χ4v) is 10.7. The van der Waals surface area contributed by atoms with Gasteiger partial charge >= 0.3 is 0 Å². The lowest BCUT2D eigenvalue weighted by Crippen LogP contribution is -2.36. The van der Waals surface area contributed by atoms with Crippen molar-refractivity contribution in [2.75, 3.05) is 0 Å². The lowest BCUT2D eigenvalue weighted by Gasteiger charge is -2.36.